The standard InChI is InChI=1S/C9H13F2OP/c1-12-8-6-4-5-7-9(8)13(2,3,10)11/h4-7H,1-3H3. The maximum atomic E-state index is 13.6. The monoisotopic (exact) mass is 206 g/mol. The molecular formula is C9H13F2OP. The van der Waals surface area contributed by atoms with Crippen LogP contribution in [0.4, 0.5) is 8.39 Å². The first-order chi connectivity index (χ1) is 5.81. The number of methoxy groups -OCH3 is 1. The van der Waals surface area contributed by atoms with Gasteiger partial charge in [0.1, 0.15) is 0 Å². The van der Waals surface area contributed by atoms with E-state index in [-0.39, 0.29) is 11.1 Å². The van der Waals surface area contributed by atoms with E-state index in [9.17, 15) is 8.39 Å². The molecule has 0 N–H and O–H groups in total. The zero-order valence-corrected chi connectivity index (χ0v) is 8.82. The predicted octanol–water partition coefficient (Wildman–Crippen LogP) is 2.90. The third kappa shape index (κ3) is 2.38. The molecule has 1 aromatic rings. The Morgan fingerprint density at radius 2 is 1.69 bits per heavy atom. The van der Waals surface area contributed by atoms with E-state index in [1.54, 1.807) is 18.2 Å². The van der Waals surface area contributed by atoms with Gasteiger partial charge in [-0.25, -0.2) is 0 Å². The predicted molar refractivity (Wildman–Crippen MR) is 53.6 cm³/mol. The minimum absolute atomic E-state index is 0.0380. The Balaban J connectivity index is 3.30. The van der Waals surface area contributed by atoms with Crippen molar-refractivity contribution in [3.05, 3.63) is 24.3 Å². The molecule has 0 spiro atoms. The molecule has 4 heteroatoms. The summed E-state index contributed by atoms with van der Waals surface area (Å²) in [5.41, 5.74) is 0. The summed E-state index contributed by atoms with van der Waals surface area (Å²) in [5.74, 6) is 0.273. The van der Waals surface area contributed by atoms with Gasteiger partial charge in [-0.05, 0) is 0 Å². The molecule has 13 heavy (non-hydrogen) atoms. The summed E-state index contributed by atoms with van der Waals surface area (Å²) in [7, 11) is -3.28. The summed E-state index contributed by atoms with van der Waals surface area (Å²) in [6.07, 6.45) is 0. The fraction of sp³-hybridized carbons (Fsp3) is 0.333. The van der Waals surface area contributed by atoms with Gasteiger partial charge in [0.25, 0.3) is 0 Å². The van der Waals surface area contributed by atoms with E-state index in [4.69, 9.17) is 4.74 Å². The molecule has 0 fully saturated rings. The van der Waals surface area contributed by atoms with Crippen molar-refractivity contribution in [1.82, 2.24) is 0 Å². The third-order valence-corrected chi connectivity index (χ3v) is 3.45. The van der Waals surface area contributed by atoms with Crippen LogP contribution in [0, 0.1) is 0 Å². The molecule has 0 bridgehead atoms. The van der Waals surface area contributed by atoms with Crippen molar-refractivity contribution < 1.29 is 13.1 Å². The summed E-state index contributed by atoms with van der Waals surface area (Å²) < 4.78 is 32.2. The van der Waals surface area contributed by atoms with Crippen LogP contribution in [-0.4, -0.2) is 20.4 Å². The van der Waals surface area contributed by atoms with E-state index in [2.05, 4.69) is 0 Å². The number of hydrogen-bond donors (Lipinski definition) is 0. The Morgan fingerprint density at radius 3 is 2.08 bits per heavy atom. The molecule has 0 heterocycles. The molecule has 0 aliphatic carbocycles. The van der Waals surface area contributed by atoms with Crippen LogP contribution in [0.1, 0.15) is 0 Å². The number of rotatable bonds is 2. The van der Waals surface area contributed by atoms with Crippen LogP contribution < -0.4 is 10.0 Å². The Hall–Kier alpha value is -0.690. The van der Waals surface area contributed by atoms with Crippen LogP contribution in [0.5, 0.6) is 5.75 Å². The zero-order chi connectivity index (χ0) is 10.1. The van der Waals surface area contributed by atoms with Gasteiger partial charge in [-0.15, -0.1) is 0 Å². The van der Waals surface area contributed by atoms with E-state index < -0.39 is 7.22 Å². The topological polar surface area (TPSA) is 9.23 Å². The molecular weight excluding hydrogens is 193 g/mol. The maximum absolute atomic E-state index is 13.6. The van der Waals surface area contributed by atoms with E-state index in [0.717, 1.165) is 13.3 Å². The van der Waals surface area contributed by atoms with Crippen molar-refractivity contribution in [1.29, 1.82) is 0 Å². The van der Waals surface area contributed by atoms with E-state index in [1.165, 1.54) is 13.2 Å². The van der Waals surface area contributed by atoms with Gasteiger partial charge in [-0.3, -0.25) is 0 Å². The number of para-hydroxylation sites is 1. The fourth-order valence-electron chi connectivity index (χ4n) is 1.14. The summed E-state index contributed by atoms with van der Waals surface area (Å²) in [5, 5.41) is 0.0380. The second kappa shape index (κ2) is 2.91. The molecule has 0 saturated carbocycles. The van der Waals surface area contributed by atoms with Crippen LogP contribution in [0.25, 0.3) is 0 Å². The Labute approximate surface area is 76.9 Å². The van der Waals surface area contributed by atoms with Crippen LogP contribution in [0.3, 0.4) is 0 Å². The van der Waals surface area contributed by atoms with Gasteiger partial charge in [0.15, 0.2) is 0 Å². The zero-order valence-electron chi connectivity index (χ0n) is 7.92. The first kappa shape index (κ1) is 10.4. The SMILES string of the molecule is COc1ccccc1P(C)(C)(F)F. The van der Waals surface area contributed by atoms with E-state index in [1.807, 2.05) is 0 Å². The van der Waals surface area contributed by atoms with Gasteiger partial charge < -0.3 is 0 Å². The molecule has 1 rings (SSSR count). The van der Waals surface area contributed by atoms with E-state index in [0.29, 0.717) is 0 Å². The van der Waals surface area contributed by atoms with Gasteiger partial charge in [0.2, 0.25) is 0 Å². The van der Waals surface area contributed by atoms with Gasteiger partial charge >= 0.3 is 76.1 Å². The van der Waals surface area contributed by atoms with Gasteiger partial charge in [-0.1, -0.05) is 0 Å². The Bertz CT molecular complexity index is 308. The van der Waals surface area contributed by atoms with Crippen molar-refractivity contribution in [2.75, 3.05) is 20.4 Å². The number of halogens is 2. The molecule has 0 radical (unpaired) electrons. The molecule has 0 unspecified atom stereocenters. The molecule has 1 nitrogen and oxygen atoms in total. The average molecular weight is 206 g/mol. The molecule has 1 aromatic carbocycles. The first-order valence-corrected chi connectivity index (χ1v) is 6.81. The molecule has 0 aromatic heterocycles. The van der Waals surface area contributed by atoms with E-state index >= 15 is 0 Å². The van der Waals surface area contributed by atoms with Crippen molar-refractivity contribution >= 4 is 12.5 Å². The minimum atomic E-state index is -4.69. The van der Waals surface area contributed by atoms with Crippen LogP contribution >= 0.6 is 7.22 Å². The quantitative estimate of drug-likeness (QED) is 0.676. The van der Waals surface area contributed by atoms with Crippen LogP contribution in [0.2, 0.25) is 0 Å². The first-order valence-electron chi connectivity index (χ1n) is 3.90. The molecule has 0 amide bonds. The summed E-state index contributed by atoms with van der Waals surface area (Å²) in [6.45, 7) is 2.01. The summed E-state index contributed by atoms with van der Waals surface area (Å²) >= 11 is 0. The van der Waals surface area contributed by atoms with Crippen LogP contribution in [0.15, 0.2) is 24.3 Å². The van der Waals surface area contributed by atoms with Crippen molar-refractivity contribution in [3.63, 3.8) is 0 Å². The molecule has 74 valence electrons. The van der Waals surface area contributed by atoms with Crippen molar-refractivity contribution in [2.45, 2.75) is 0 Å². The number of ether oxygens (including phenoxy) is 1. The molecule has 0 aliphatic rings. The second-order valence-corrected chi connectivity index (χ2v) is 7.56. The third-order valence-electron chi connectivity index (χ3n) is 1.75. The fourth-order valence-corrected chi connectivity index (χ4v) is 2.41. The number of benzene rings is 1. The Kier molecular flexibility index (Phi) is 2.33. The molecule has 0 saturated heterocycles. The van der Waals surface area contributed by atoms with Crippen molar-refractivity contribution in [2.24, 2.45) is 0 Å². The van der Waals surface area contributed by atoms with Gasteiger partial charge in [-0.2, -0.15) is 0 Å². The molecule has 0 aliphatic heterocycles. The van der Waals surface area contributed by atoms with Gasteiger partial charge in [0.05, 0.1) is 0 Å². The average Bonchev–Trinajstić information content (AvgIpc) is 2.01. The normalized spacial score (nSPS) is 14.7. The second-order valence-electron chi connectivity index (χ2n) is 3.48. The van der Waals surface area contributed by atoms with Gasteiger partial charge in [0, 0.05) is 0 Å². The summed E-state index contributed by atoms with van der Waals surface area (Å²) in [6, 6.07) is 6.27. The van der Waals surface area contributed by atoms with Crippen molar-refractivity contribution in [3.8, 4) is 5.75 Å². The number of hydrogen-bond acceptors (Lipinski definition) is 1. The van der Waals surface area contributed by atoms with Crippen LogP contribution in [-0.2, 0) is 0 Å². The molecule has 0 atom stereocenters. The summed E-state index contributed by atoms with van der Waals surface area (Å²) in [4.78, 5) is 0. The Morgan fingerprint density at radius 1 is 1.15 bits per heavy atom.